The molecule has 88 valence electrons. The Morgan fingerprint density at radius 3 is 2.65 bits per heavy atom. The number of halogens is 2. The molecule has 0 saturated carbocycles. The van der Waals surface area contributed by atoms with Crippen LogP contribution < -0.4 is 5.32 Å². The molecule has 0 unspecified atom stereocenters. The second-order valence-electron chi connectivity index (χ2n) is 3.90. The van der Waals surface area contributed by atoms with E-state index in [4.69, 9.17) is 11.6 Å². The van der Waals surface area contributed by atoms with Crippen molar-refractivity contribution in [3.8, 4) is 0 Å². The van der Waals surface area contributed by atoms with Crippen molar-refractivity contribution in [1.29, 1.82) is 0 Å². The molecule has 0 radical (unpaired) electrons. The molecule has 0 atom stereocenters. The van der Waals surface area contributed by atoms with E-state index < -0.39 is 0 Å². The van der Waals surface area contributed by atoms with Crippen LogP contribution in [0.5, 0.6) is 0 Å². The Morgan fingerprint density at radius 2 is 1.94 bits per heavy atom. The van der Waals surface area contributed by atoms with Gasteiger partial charge in [0.15, 0.2) is 0 Å². The lowest BCUT2D eigenvalue weighted by molar-refractivity contribution is 0.627. The smallest absolute Gasteiger partial charge is 0.124 e. The van der Waals surface area contributed by atoms with Crippen LogP contribution in [-0.4, -0.2) is 0 Å². The number of aryl methyl sites for hydroxylation is 1. The zero-order valence-corrected chi connectivity index (χ0v) is 10.3. The monoisotopic (exact) mass is 249 g/mol. The van der Waals surface area contributed by atoms with Gasteiger partial charge in [0.2, 0.25) is 0 Å². The SMILES string of the molecule is Cc1ccccc1NCc1ccc(F)cc1Cl. The van der Waals surface area contributed by atoms with Crippen LogP contribution in [0.25, 0.3) is 0 Å². The number of nitrogens with one attached hydrogen (secondary N) is 1. The Kier molecular flexibility index (Phi) is 3.64. The van der Waals surface area contributed by atoms with Gasteiger partial charge in [-0.15, -0.1) is 0 Å². The Labute approximate surface area is 105 Å². The predicted octanol–water partition coefficient (Wildman–Crippen LogP) is 4.40. The summed E-state index contributed by atoms with van der Waals surface area (Å²) in [5, 5.41) is 3.73. The number of rotatable bonds is 3. The molecule has 0 aromatic heterocycles. The van der Waals surface area contributed by atoms with Crippen molar-refractivity contribution in [2.75, 3.05) is 5.32 Å². The number of hydrogen-bond acceptors (Lipinski definition) is 1. The van der Waals surface area contributed by atoms with Crippen molar-refractivity contribution in [3.63, 3.8) is 0 Å². The highest BCUT2D eigenvalue weighted by atomic mass is 35.5. The fraction of sp³-hybridized carbons (Fsp3) is 0.143. The van der Waals surface area contributed by atoms with Gasteiger partial charge in [0.25, 0.3) is 0 Å². The van der Waals surface area contributed by atoms with Crippen molar-refractivity contribution < 1.29 is 4.39 Å². The van der Waals surface area contributed by atoms with Gasteiger partial charge in [-0.1, -0.05) is 35.9 Å². The second-order valence-corrected chi connectivity index (χ2v) is 4.31. The van der Waals surface area contributed by atoms with Crippen LogP contribution in [0.2, 0.25) is 5.02 Å². The van der Waals surface area contributed by atoms with Crippen molar-refractivity contribution in [1.82, 2.24) is 0 Å². The molecule has 0 bridgehead atoms. The number of hydrogen-bond donors (Lipinski definition) is 1. The van der Waals surface area contributed by atoms with Gasteiger partial charge in [0.1, 0.15) is 5.82 Å². The summed E-state index contributed by atoms with van der Waals surface area (Å²) in [7, 11) is 0. The molecule has 1 nitrogen and oxygen atoms in total. The van der Waals surface area contributed by atoms with Gasteiger partial charge < -0.3 is 5.32 Å². The first-order valence-corrected chi connectivity index (χ1v) is 5.78. The third-order valence-electron chi connectivity index (χ3n) is 2.63. The van der Waals surface area contributed by atoms with E-state index in [1.165, 1.54) is 17.7 Å². The molecule has 0 heterocycles. The van der Waals surface area contributed by atoms with Crippen LogP contribution in [0.15, 0.2) is 42.5 Å². The molecular formula is C14H13ClFN. The number of benzene rings is 2. The van der Waals surface area contributed by atoms with Crippen molar-refractivity contribution in [3.05, 3.63) is 64.4 Å². The summed E-state index contributed by atoms with van der Waals surface area (Å²) in [6.45, 7) is 2.62. The normalized spacial score (nSPS) is 10.3. The minimum Gasteiger partial charge on any atom is -0.381 e. The summed E-state index contributed by atoms with van der Waals surface area (Å²) in [5.74, 6) is -0.311. The van der Waals surface area contributed by atoms with Crippen LogP contribution in [0.4, 0.5) is 10.1 Å². The van der Waals surface area contributed by atoms with Crippen molar-refractivity contribution in [2.45, 2.75) is 13.5 Å². The van der Waals surface area contributed by atoms with E-state index in [0.29, 0.717) is 11.6 Å². The molecule has 2 rings (SSSR count). The molecule has 0 saturated heterocycles. The maximum Gasteiger partial charge on any atom is 0.124 e. The zero-order chi connectivity index (χ0) is 12.3. The number of anilines is 1. The van der Waals surface area contributed by atoms with E-state index in [2.05, 4.69) is 5.32 Å². The highest BCUT2D eigenvalue weighted by Crippen LogP contribution is 2.20. The average Bonchev–Trinajstić information content (AvgIpc) is 2.30. The molecule has 0 aliphatic carbocycles. The van der Waals surface area contributed by atoms with Crippen LogP contribution in [0, 0.1) is 12.7 Å². The third kappa shape index (κ3) is 2.98. The quantitative estimate of drug-likeness (QED) is 0.850. The van der Waals surface area contributed by atoms with Crippen LogP contribution in [0.3, 0.4) is 0 Å². The predicted molar refractivity (Wildman–Crippen MR) is 69.9 cm³/mol. The summed E-state index contributed by atoms with van der Waals surface area (Å²) in [5.41, 5.74) is 3.12. The number of para-hydroxylation sites is 1. The third-order valence-corrected chi connectivity index (χ3v) is 2.98. The standard InChI is InChI=1S/C14H13ClFN/c1-10-4-2-3-5-14(10)17-9-11-6-7-12(16)8-13(11)15/h2-8,17H,9H2,1H3. The van der Waals surface area contributed by atoms with Crippen LogP contribution >= 0.6 is 11.6 Å². The minimum atomic E-state index is -0.311. The first-order chi connectivity index (χ1) is 8.16. The van der Waals surface area contributed by atoms with E-state index in [-0.39, 0.29) is 5.82 Å². The van der Waals surface area contributed by atoms with Gasteiger partial charge in [-0.3, -0.25) is 0 Å². The van der Waals surface area contributed by atoms with Gasteiger partial charge in [0.05, 0.1) is 0 Å². The van der Waals surface area contributed by atoms with E-state index >= 15 is 0 Å². The Hall–Kier alpha value is -1.54. The average molecular weight is 250 g/mol. The molecule has 0 fully saturated rings. The Morgan fingerprint density at radius 1 is 1.18 bits per heavy atom. The van der Waals surface area contributed by atoms with E-state index in [1.54, 1.807) is 6.07 Å². The van der Waals surface area contributed by atoms with Crippen molar-refractivity contribution in [2.24, 2.45) is 0 Å². The molecule has 2 aromatic carbocycles. The zero-order valence-electron chi connectivity index (χ0n) is 9.50. The first kappa shape index (κ1) is 11.9. The maximum absolute atomic E-state index is 12.9. The fourth-order valence-electron chi connectivity index (χ4n) is 1.63. The minimum absolute atomic E-state index is 0.311. The summed E-state index contributed by atoms with van der Waals surface area (Å²) in [6.07, 6.45) is 0. The maximum atomic E-state index is 12.9. The topological polar surface area (TPSA) is 12.0 Å². The molecular weight excluding hydrogens is 237 g/mol. The van der Waals surface area contributed by atoms with E-state index in [0.717, 1.165) is 11.3 Å². The fourth-order valence-corrected chi connectivity index (χ4v) is 1.86. The van der Waals surface area contributed by atoms with Gasteiger partial charge in [-0.05, 0) is 36.2 Å². The largest absolute Gasteiger partial charge is 0.381 e. The lowest BCUT2D eigenvalue weighted by Crippen LogP contribution is -2.01. The highest BCUT2D eigenvalue weighted by Gasteiger charge is 2.02. The van der Waals surface area contributed by atoms with Gasteiger partial charge in [-0.25, -0.2) is 4.39 Å². The summed E-state index contributed by atoms with van der Waals surface area (Å²) >= 11 is 5.96. The lowest BCUT2D eigenvalue weighted by Gasteiger charge is -2.10. The van der Waals surface area contributed by atoms with Crippen LogP contribution in [-0.2, 0) is 6.54 Å². The Balaban J connectivity index is 2.10. The van der Waals surface area contributed by atoms with Crippen molar-refractivity contribution >= 4 is 17.3 Å². The molecule has 0 amide bonds. The molecule has 0 aliphatic rings. The molecule has 0 spiro atoms. The van der Waals surface area contributed by atoms with Gasteiger partial charge >= 0.3 is 0 Å². The molecule has 1 N–H and O–H groups in total. The molecule has 17 heavy (non-hydrogen) atoms. The second kappa shape index (κ2) is 5.19. The van der Waals surface area contributed by atoms with E-state index in [9.17, 15) is 4.39 Å². The highest BCUT2D eigenvalue weighted by molar-refractivity contribution is 6.31. The summed E-state index contributed by atoms with van der Waals surface area (Å²) in [6, 6.07) is 12.5. The van der Waals surface area contributed by atoms with Gasteiger partial charge in [-0.2, -0.15) is 0 Å². The van der Waals surface area contributed by atoms with E-state index in [1.807, 2.05) is 31.2 Å². The molecule has 3 heteroatoms. The molecule has 0 aliphatic heterocycles. The van der Waals surface area contributed by atoms with Crippen LogP contribution in [0.1, 0.15) is 11.1 Å². The first-order valence-electron chi connectivity index (χ1n) is 5.40. The lowest BCUT2D eigenvalue weighted by atomic mass is 10.1. The van der Waals surface area contributed by atoms with Gasteiger partial charge in [0, 0.05) is 17.3 Å². The molecule has 2 aromatic rings. The summed E-state index contributed by atoms with van der Waals surface area (Å²) in [4.78, 5) is 0. The summed E-state index contributed by atoms with van der Waals surface area (Å²) < 4.78 is 12.9. The Bertz CT molecular complexity index is 525.